The fourth-order valence-electron chi connectivity index (χ4n) is 2.23. The molecule has 3 unspecified atom stereocenters. The Morgan fingerprint density at radius 3 is 2.07 bits per heavy atom. The van der Waals surface area contributed by atoms with Gasteiger partial charge in [-0.1, -0.05) is 6.42 Å². The van der Waals surface area contributed by atoms with Crippen LogP contribution in [-0.4, -0.2) is 71.7 Å². The zero-order valence-electron chi connectivity index (χ0n) is 16.1. The van der Waals surface area contributed by atoms with E-state index in [1.54, 1.807) is 0 Å². The first-order valence-corrected chi connectivity index (χ1v) is 9.70. The molecule has 29 heavy (non-hydrogen) atoms. The van der Waals surface area contributed by atoms with E-state index in [1.165, 1.54) is 0 Å². The number of primary amides is 1. The number of carbonyl (C=O) groups is 5. The van der Waals surface area contributed by atoms with E-state index in [9.17, 15) is 24.0 Å². The lowest BCUT2D eigenvalue weighted by atomic mass is 10.1. The highest BCUT2D eigenvalue weighted by molar-refractivity contribution is 7.80. The van der Waals surface area contributed by atoms with Crippen molar-refractivity contribution in [2.75, 3.05) is 18.8 Å². The van der Waals surface area contributed by atoms with Gasteiger partial charge in [-0.25, -0.2) is 0 Å². The van der Waals surface area contributed by atoms with Crippen LogP contribution >= 0.6 is 12.6 Å². The van der Waals surface area contributed by atoms with Gasteiger partial charge >= 0.3 is 5.97 Å². The quantitative estimate of drug-likeness (QED) is 0.0966. The monoisotopic (exact) mass is 434 g/mol. The molecule has 12 nitrogen and oxygen atoms in total. The van der Waals surface area contributed by atoms with E-state index in [0.29, 0.717) is 25.8 Å². The number of rotatable bonds is 15. The van der Waals surface area contributed by atoms with E-state index in [2.05, 4.69) is 28.6 Å². The fourth-order valence-corrected chi connectivity index (χ4v) is 2.48. The third-order valence-corrected chi connectivity index (χ3v) is 4.21. The fraction of sp³-hybridized carbons (Fsp3) is 0.688. The predicted octanol–water partition coefficient (Wildman–Crippen LogP) is -3.19. The van der Waals surface area contributed by atoms with Crippen LogP contribution in [0, 0.1) is 0 Å². The molecule has 0 heterocycles. The summed E-state index contributed by atoms with van der Waals surface area (Å²) in [6, 6.07) is -3.14. The van der Waals surface area contributed by atoms with Crippen molar-refractivity contribution < 1.29 is 29.1 Å². The molecule has 13 heteroatoms. The van der Waals surface area contributed by atoms with E-state index >= 15 is 0 Å². The SMILES string of the molecule is NCCCCC(N)C(=O)NC(CS)C(=O)NC(CCC(N)=O)C(=O)NCC(=O)O. The second kappa shape index (κ2) is 14.6. The minimum Gasteiger partial charge on any atom is -0.480 e. The predicted molar refractivity (Wildman–Crippen MR) is 108 cm³/mol. The third kappa shape index (κ3) is 11.9. The minimum atomic E-state index is -1.28. The van der Waals surface area contributed by atoms with Crippen molar-refractivity contribution in [3.8, 4) is 0 Å². The Labute approximate surface area is 174 Å². The zero-order chi connectivity index (χ0) is 22.4. The lowest BCUT2D eigenvalue weighted by Crippen LogP contribution is -2.56. The molecule has 0 spiro atoms. The summed E-state index contributed by atoms with van der Waals surface area (Å²) in [5, 5.41) is 15.6. The Hall–Kier alpha value is -2.38. The number of nitrogens with one attached hydrogen (secondary N) is 3. The van der Waals surface area contributed by atoms with Crippen LogP contribution < -0.4 is 33.2 Å². The lowest BCUT2D eigenvalue weighted by molar-refractivity contribution is -0.138. The molecule has 0 aliphatic heterocycles. The summed E-state index contributed by atoms with van der Waals surface area (Å²) in [6.07, 6.45) is 1.41. The molecule has 166 valence electrons. The zero-order valence-corrected chi connectivity index (χ0v) is 17.0. The Kier molecular flexibility index (Phi) is 13.4. The number of thiol groups is 1. The molecule has 0 aromatic heterocycles. The smallest absolute Gasteiger partial charge is 0.322 e. The van der Waals surface area contributed by atoms with Crippen LogP contribution in [0.1, 0.15) is 32.1 Å². The molecule has 0 fully saturated rings. The first-order valence-electron chi connectivity index (χ1n) is 9.07. The van der Waals surface area contributed by atoms with Gasteiger partial charge in [0.2, 0.25) is 23.6 Å². The summed E-state index contributed by atoms with van der Waals surface area (Å²) in [4.78, 5) is 58.3. The minimum absolute atomic E-state index is 0.0770. The van der Waals surface area contributed by atoms with Crippen molar-refractivity contribution in [1.82, 2.24) is 16.0 Å². The van der Waals surface area contributed by atoms with E-state index in [0.717, 1.165) is 0 Å². The number of aliphatic carboxylic acids is 1. The second-order valence-electron chi connectivity index (χ2n) is 6.31. The molecule has 3 atom stereocenters. The van der Waals surface area contributed by atoms with E-state index < -0.39 is 54.3 Å². The maximum absolute atomic E-state index is 12.4. The maximum Gasteiger partial charge on any atom is 0.322 e. The van der Waals surface area contributed by atoms with Gasteiger partial charge in [0.25, 0.3) is 0 Å². The Bertz CT molecular complexity index is 590. The number of carboxylic acids is 1. The van der Waals surface area contributed by atoms with E-state index in [4.69, 9.17) is 22.3 Å². The molecule has 0 rings (SSSR count). The molecule has 0 saturated carbocycles. The van der Waals surface area contributed by atoms with Crippen molar-refractivity contribution >= 4 is 42.2 Å². The number of nitrogens with two attached hydrogens (primary N) is 3. The van der Waals surface area contributed by atoms with E-state index in [-0.39, 0.29) is 18.6 Å². The van der Waals surface area contributed by atoms with Gasteiger partial charge < -0.3 is 38.3 Å². The number of carbonyl (C=O) groups excluding carboxylic acids is 4. The highest BCUT2D eigenvalue weighted by Gasteiger charge is 2.27. The van der Waals surface area contributed by atoms with Crippen molar-refractivity contribution in [2.45, 2.75) is 50.2 Å². The lowest BCUT2D eigenvalue weighted by Gasteiger charge is -2.23. The van der Waals surface area contributed by atoms with Gasteiger partial charge in [-0.2, -0.15) is 12.6 Å². The molecular formula is C16H30N6O6S. The first kappa shape index (κ1) is 26.6. The Morgan fingerprint density at radius 2 is 1.55 bits per heavy atom. The number of amides is 4. The average molecular weight is 435 g/mol. The summed E-state index contributed by atoms with van der Waals surface area (Å²) in [6.45, 7) is -0.182. The molecule has 0 aromatic carbocycles. The molecule has 0 aliphatic carbocycles. The maximum atomic E-state index is 12.4. The summed E-state index contributed by atoms with van der Waals surface area (Å²) in [5.74, 6) is -4.14. The number of hydrogen-bond donors (Lipinski definition) is 8. The van der Waals surface area contributed by atoms with Crippen LogP contribution in [0.4, 0.5) is 0 Å². The van der Waals surface area contributed by atoms with Crippen molar-refractivity contribution in [3.05, 3.63) is 0 Å². The topological polar surface area (TPSA) is 220 Å². The van der Waals surface area contributed by atoms with Crippen molar-refractivity contribution in [3.63, 3.8) is 0 Å². The van der Waals surface area contributed by atoms with Crippen LogP contribution in [0.5, 0.6) is 0 Å². The Balaban J connectivity index is 4.93. The molecule has 0 aliphatic rings. The molecule has 0 saturated heterocycles. The van der Waals surface area contributed by atoms with Gasteiger partial charge in [0, 0.05) is 12.2 Å². The summed E-state index contributed by atoms with van der Waals surface area (Å²) in [7, 11) is 0. The summed E-state index contributed by atoms with van der Waals surface area (Å²) >= 11 is 4.03. The van der Waals surface area contributed by atoms with Gasteiger partial charge in [-0.15, -0.1) is 0 Å². The van der Waals surface area contributed by atoms with Gasteiger partial charge in [-0.05, 0) is 25.8 Å². The molecular weight excluding hydrogens is 404 g/mol. The molecule has 4 amide bonds. The standard InChI is InChI=1S/C16H30N6O6S/c17-6-2-1-3-9(18)14(26)22-11(8-29)16(28)21-10(4-5-12(19)23)15(27)20-7-13(24)25/h9-11,29H,1-8,17-18H2,(H2,19,23)(H,20,27)(H,21,28)(H,22,26)(H,24,25). The Morgan fingerprint density at radius 1 is 0.931 bits per heavy atom. The first-order chi connectivity index (χ1) is 13.6. The van der Waals surface area contributed by atoms with Gasteiger partial charge in [0.05, 0.1) is 6.04 Å². The molecule has 0 radical (unpaired) electrons. The van der Waals surface area contributed by atoms with Crippen LogP contribution in [0.25, 0.3) is 0 Å². The highest BCUT2D eigenvalue weighted by atomic mass is 32.1. The number of hydrogen-bond acceptors (Lipinski definition) is 8. The normalized spacial score (nSPS) is 13.6. The average Bonchev–Trinajstić information content (AvgIpc) is 2.66. The highest BCUT2D eigenvalue weighted by Crippen LogP contribution is 2.02. The number of unbranched alkanes of at least 4 members (excludes halogenated alkanes) is 1. The van der Waals surface area contributed by atoms with Gasteiger partial charge in [0.1, 0.15) is 18.6 Å². The largest absolute Gasteiger partial charge is 0.480 e. The second-order valence-corrected chi connectivity index (χ2v) is 6.68. The van der Waals surface area contributed by atoms with Gasteiger partial charge in [-0.3, -0.25) is 24.0 Å². The molecule has 10 N–H and O–H groups in total. The van der Waals surface area contributed by atoms with Crippen LogP contribution in [0.3, 0.4) is 0 Å². The third-order valence-electron chi connectivity index (χ3n) is 3.85. The van der Waals surface area contributed by atoms with Crippen molar-refractivity contribution in [2.24, 2.45) is 17.2 Å². The number of carboxylic acid groups (broad SMARTS) is 1. The van der Waals surface area contributed by atoms with Crippen LogP contribution in [0.15, 0.2) is 0 Å². The van der Waals surface area contributed by atoms with Crippen molar-refractivity contribution in [1.29, 1.82) is 0 Å². The summed E-state index contributed by atoms with van der Waals surface area (Å²) in [5.41, 5.74) is 16.2. The van der Waals surface area contributed by atoms with Gasteiger partial charge in [0.15, 0.2) is 0 Å². The van der Waals surface area contributed by atoms with E-state index in [1.807, 2.05) is 0 Å². The molecule has 0 aromatic rings. The summed E-state index contributed by atoms with van der Waals surface area (Å²) < 4.78 is 0. The molecule has 0 bridgehead atoms. The van der Waals surface area contributed by atoms with Crippen LogP contribution in [-0.2, 0) is 24.0 Å². The van der Waals surface area contributed by atoms with Crippen LogP contribution in [0.2, 0.25) is 0 Å².